The molecule has 0 atom stereocenters. The van der Waals surface area contributed by atoms with Gasteiger partial charge in [-0.1, -0.05) is 26.0 Å². The van der Waals surface area contributed by atoms with Gasteiger partial charge in [-0.05, 0) is 49.4 Å². The molecule has 2 nitrogen and oxygen atoms in total. The molecule has 0 aliphatic rings. The number of aryl methyl sites for hydroxylation is 1. The van der Waals surface area contributed by atoms with Crippen molar-refractivity contribution >= 4 is 11.8 Å². The number of benzene rings is 1. The van der Waals surface area contributed by atoms with Crippen LogP contribution in [0.5, 0.6) is 0 Å². The van der Waals surface area contributed by atoms with Crippen molar-refractivity contribution in [3.8, 4) is 0 Å². The van der Waals surface area contributed by atoms with Gasteiger partial charge in [-0.15, -0.1) is 0 Å². The van der Waals surface area contributed by atoms with Crippen molar-refractivity contribution in [2.45, 2.75) is 40.5 Å². The lowest BCUT2D eigenvalue weighted by Crippen LogP contribution is -2.11. The Morgan fingerprint density at radius 3 is 2.38 bits per heavy atom. The monoisotopic (exact) mass is 218 g/mol. The number of allylic oxidation sites excluding steroid dienone is 1. The van der Waals surface area contributed by atoms with Crippen LogP contribution < -0.4 is 11.3 Å². The fourth-order valence-corrected chi connectivity index (χ4v) is 2.17. The lowest BCUT2D eigenvalue weighted by Gasteiger charge is -2.19. The Morgan fingerprint density at radius 1 is 1.31 bits per heavy atom. The van der Waals surface area contributed by atoms with Crippen LogP contribution in [0.15, 0.2) is 12.1 Å². The summed E-state index contributed by atoms with van der Waals surface area (Å²) in [5, 5.41) is 0. The predicted molar refractivity (Wildman–Crippen MR) is 72.5 cm³/mol. The van der Waals surface area contributed by atoms with Crippen molar-refractivity contribution in [2.75, 3.05) is 5.43 Å². The predicted octanol–water partition coefficient (Wildman–Crippen LogP) is 3.75. The zero-order valence-corrected chi connectivity index (χ0v) is 10.9. The minimum atomic E-state index is 0.498. The topological polar surface area (TPSA) is 38.0 Å². The van der Waals surface area contributed by atoms with Gasteiger partial charge in [0.05, 0.1) is 5.69 Å². The van der Waals surface area contributed by atoms with Gasteiger partial charge < -0.3 is 5.43 Å². The highest BCUT2D eigenvalue weighted by Crippen LogP contribution is 2.32. The van der Waals surface area contributed by atoms with Gasteiger partial charge in [-0.2, -0.15) is 0 Å². The first-order chi connectivity index (χ1) is 7.52. The van der Waals surface area contributed by atoms with Crippen LogP contribution in [-0.2, 0) is 0 Å². The van der Waals surface area contributed by atoms with E-state index in [1.165, 1.54) is 22.3 Å². The molecule has 2 heteroatoms. The molecule has 3 N–H and O–H groups in total. The van der Waals surface area contributed by atoms with Crippen LogP contribution in [0, 0.1) is 13.8 Å². The van der Waals surface area contributed by atoms with Gasteiger partial charge in [0.1, 0.15) is 0 Å². The Morgan fingerprint density at radius 2 is 1.94 bits per heavy atom. The lowest BCUT2D eigenvalue weighted by atomic mass is 9.88. The summed E-state index contributed by atoms with van der Waals surface area (Å²) in [6.45, 7) is 10.8. The third-order valence-electron chi connectivity index (χ3n) is 3.00. The molecule has 0 aromatic heterocycles. The van der Waals surface area contributed by atoms with Crippen LogP contribution in [0.4, 0.5) is 5.69 Å². The number of hydrazine groups is 1. The number of nitrogens with one attached hydrogen (secondary N) is 1. The summed E-state index contributed by atoms with van der Waals surface area (Å²) >= 11 is 0. The lowest BCUT2D eigenvalue weighted by molar-refractivity contribution is 0.851. The van der Waals surface area contributed by atoms with Crippen LogP contribution in [-0.4, -0.2) is 0 Å². The number of hydrogen-bond donors (Lipinski definition) is 2. The summed E-state index contributed by atoms with van der Waals surface area (Å²) in [6, 6.07) is 2.11. The molecule has 0 radical (unpaired) electrons. The number of hydrogen-bond acceptors (Lipinski definition) is 2. The zero-order valence-electron chi connectivity index (χ0n) is 10.9. The van der Waals surface area contributed by atoms with E-state index in [0.717, 1.165) is 5.69 Å². The third-order valence-corrected chi connectivity index (χ3v) is 3.00. The van der Waals surface area contributed by atoms with Gasteiger partial charge in [0.2, 0.25) is 0 Å². The molecule has 0 unspecified atom stereocenters. The van der Waals surface area contributed by atoms with Crippen LogP contribution in [0.2, 0.25) is 0 Å². The molecule has 1 aromatic carbocycles. The van der Waals surface area contributed by atoms with Crippen molar-refractivity contribution in [1.82, 2.24) is 0 Å². The second kappa shape index (κ2) is 5.17. The quantitative estimate of drug-likeness (QED) is 0.599. The van der Waals surface area contributed by atoms with Crippen molar-refractivity contribution < 1.29 is 0 Å². The number of rotatable bonds is 3. The maximum atomic E-state index is 5.59. The second-order valence-electron chi connectivity index (χ2n) is 4.49. The number of anilines is 1. The van der Waals surface area contributed by atoms with Crippen LogP contribution in [0.3, 0.4) is 0 Å². The van der Waals surface area contributed by atoms with E-state index in [0.29, 0.717) is 5.92 Å². The summed E-state index contributed by atoms with van der Waals surface area (Å²) in [5.74, 6) is 6.08. The highest BCUT2D eigenvalue weighted by Gasteiger charge is 2.13. The Labute approximate surface area is 98.5 Å². The van der Waals surface area contributed by atoms with E-state index >= 15 is 0 Å². The summed E-state index contributed by atoms with van der Waals surface area (Å²) in [5.41, 5.74) is 9.03. The maximum absolute atomic E-state index is 5.59. The highest BCUT2D eigenvalue weighted by atomic mass is 15.2. The van der Waals surface area contributed by atoms with Crippen molar-refractivity contribution in [3.05, 3.63) is 34.4 Å². The Kier molecular flexibility index (Phi) is 4.13. The van der Waals surface area contributed by atoms with Crippen molar-refractivity contribution in [2.24, 2.45) is 5.84 Å². The van der Waals surface area contributed by atoms with Gasteiger partial charge in [0.25, 0.3) is 0 Å². The normalized spacial score (nSPS) is 11.4. The summed E-state index contributed by atoms with van der Waals surface area (Å²) in [4.78, 5) is 0. The molecule has 0 saturated carbocycles. The molecule has 1 rings (SSSR count). The van der Waals surface area contributed by atoms with Gasteiger partial charge >= 0.3 is 0 Å². The zero-order chi connectivity index (χ0) is 12.3. The fourth-order valence-electron chi connectivity index (χ4n) is 2.17. The van der Waals surface area contributed by atoms with Crippen LogP contribution in [0.1, 0.15) is 48.9 Å². The van der Waals surface area contributed by atoms with Crippen molar-refractivity contribution in [1.29, 1.82) is 0 Å². The van der Waals surface area contributed by atoms with E-state index in [4.69, 9.17) is 5.84 Å². The van der Waals surface area contributed by atoms with E-state index in [1.807, 2.05) is 6.92 Å². The van der Waals surface area contributed by atoms with Gasteiger partial charge in [0.15, 0.2) is 0 Å². The average Bonchev–Trinajstić information content (AvgIpc) is 2.23. The van der Waals surface area contributed by atoms with Gasteiger partial charge in [-0.25, -0.2) is 0 Å². The van der Waals surface area contributed by atoms with Crippen molar-refractivity contribution in [3.63, 3.8) is 0 Å². The first-order valence-electron chi connectivity index (χ1n) is 5.76. The molecule has 0 aliphatic heterocycles. The SMILES string of the molecule is C/C=C\c1c(NN)cc(C)c(C)c1C(C)C. The second-order valence-corrected chi connectivity index (χ2v) is 4.49. The summed E-state index contributed by atoms with van der Waals surface area (Å²) in [7, 11) is 0. The molecule has 0 amide bonds. The van der Waals surface area contributed by atoms with E-state index in [1.54, 1.807) is 0 Å². The van der Waals surface area contributed by atoms with Crippen LogP contribution in [0.25, 0.3) is 6.08 Å². The molecule has 0 spiro atoms. The minimum absolute atomic E-state index is 0.498. The molecule has 0 heterocycles. The van der Waals surface area contributed by atoms with Gasteiger partial charge in [-0.3, -0.25) is 5.84 Å². The smallest absolute Gasteiger partial charge is 0.0563 e. The first-order valence-corrected chi connectivity index (χ1v) is 5.76. The van der Waals surface area contributed by atoms with Gasteiger partial charge in [0, 0.05) is 5.56 Å². The molecule has 88 valence electrons. The molecule has 16 heavy (non-hydrogen) atoms. The van der Waals surface area contributed by atoms with Crippen LogP contribution >= 0.6 is 0 Å². The molecule has 1 aromatic rings. The maximum Gasteiger partial charge on any atom is 0.0563 e. The summed E-state index contributed by atoms with van der Waals surface area (Å²) < 4.78 is 0. The molecule has 0 aliphatic carbocycles. The van der Waals surface area contributed by atoms with E-state index in [-0.39, 0.29) is 0 Å². The standard InChI is InChI=1S/C14H22N2/c1-6-7-12-13(16-15)8-10(4)11(5)14(12)9(2)3/h6-9,16H,15H2,1-5H3/b7-6-. The third kappa shape index (κ3) is 2.27. The highest BCUT2D eigenvalue weighted by molar-refractivity contribution is 5.72. The fraction of sp³-hybridized carbons (Fsp3) is 0.429. The Bertz CT molecular complexity index is 404. The Hall–Kier alpha value is -1.28. The molecule has 0 saturated heterocycles. The van der Waals surface area contributed by atoms with E-state index in [2.05, 4.69) is 51.3 Å². The largest absolute Gasteiger partial charge is 0.324 e. The molecule has 0 fully saturated rings. The Balaban J connectivity index is 3.57. The first kappa shape index (κ1) is 12.8. The number of nitrogens with two attached hydrogens (primary N) is 1. The molecular formula is C14H22N2. The number of nitrogen functional groups attached to an aromatic ring is 1. The molecular weight excluding hydrogens is 196 g/mol. The van der Waals surface area contributed by atoms with E-state index in [9.17, 15) is 0 Å². The average molecular weight is 218 g/mol. The molecule has 0 bridgehead atoms. The summed E-state index contributed by atoms with van der Waals surface area (Å²) in [6.07, 6.45) is 4.17. The minimum Gasteiger partial charge on any atom is -0.324 e. The van der Waals surface area contributed by atoms with E-state index < -0.39 is 0 Å².